The molecule has 28 heteroatoms. The van der Waals surface area contributed by atoms with E-state index in [4.69, 9.17) is 33.2 Å². The van der Waals surface area contributed by atoms with Crippen molar-refractivity contribution in [1.82, 2.24) is 0 Å². The highest BCUT2D eigenvalue weighted by Gasteiger charge is 2.64. The lowest BCUT2D eigenvalue weighted by molar-refractivity contribution is -0.287. The third kappa shape index (κ3) is 7.30. The number of hydrogen-bond donors (Lipinski definition) is 14. The molecule has 8 rings (SSSR count). The molecular formula is C41H30O28. The number of aliphatic carboxylic acids is 2. The first kappa shape index (κ1) is 46.2. The van der Waals surface area contributed by atoms with E-state index in [0.717, 1.165) is 0 Å². The molecule has 0 aliphatic carbocycles. The van der Waals surface area contributed by atoms with Crippen molar-refractivity contribution in [1.29, 1.82) is 0 Å². The zero-order valence-corrected chi connectivity index (χ0v) is 33.8. The van der Waals surface area contributed by atoms with Crippen LogP contribution < -0.4 is 4.74 Å². The Morgan fingerprint density at radius 2 is 1.12 bits per heavy atom. The molecule has 0 unspecified atom stereocenters. The summed E-state index contributed by atoms with van der Waals surface area (Å²) in [6.07, 6.45) is -14.2. The van der Waals surface area contributed by atoms with Gasteiger partial charge in [0.25, 0.3) is 0 Å². The summed E-state index contributed by atoms with van der Waals surface area (Å²) in [5.74, 6) is -38.0. The molecule has 4 heterocycles. The molecule has 0 amide bonds. The molecule has 8 atom stereocenters. The van der Waals surface area contributed by atoms with E-state index < -0.39 is 211 Å². The summed E-state index contributed by atoms with van der Waals surface area (Å²) in [6.45, 7) is -1.36. The Morgan fingerprint density at radius 1 is 0.609 bits per heavy atom. The lowest BCUT2D eigenvalue weighted by atomic mass is 9.77. The van der Waals surface area contributed by atoms with Crippen molar-refractivity contribution < 1.29 is 138 Å². The average molecular weight is 971 g/mol. The Balaban J connectivity index is 1.40. The standard InChI is InChI=1S/C41H30O28/c42-13-1-8(2-14(43)24(13)49)34(55)68-39-33-32-30(65-38(59)12(6-19(47)48)23-22-11(37(58)67-33)5-17(46)27(52)31(22)69-41(23,62)40(60)61)18(64-39)7-63-35(56)9-3-15(44)25(50)28(53)20(9)21-10(36(57)66-32)4-16(45)26(51)29(21)54/h1-5,12,18,23,30,32-33,39,42-46,49-54,62H,6-7H2,(H,47,48)(H,60,61)/t12-,18-,23-,30-,32+,33-,39+,41+/m1/s1. The summed E-state index contributed by atoms with van der Waals surface area (Å²) in [4.78, 5) is 96.7. The lowest BCUT2D eigenvalue weighted by Crippen LogP contribution is -2.63. The lowest BCUT2D eigenvalue weighted by Gasteiger charge is -2.44. The van der Waals surface area contributed by atoms with Crippen molar-refractivity contribution in [3.63, 3.8) is 0 Å². The number of hydrogen-bond acceptors (Lipinski definition) is 26. The molecule has 0 radical (unpaired) electrons. The second-order valence-electron chi connectivity index (χ2n) is 15.4. The maximum Gasteiger partial charge on any atom is 0.377 e. The minimum atomic E-state index is -3.81. The average Bonchev–Trinajstić information content (AvgIpc) is 3.60. The second kappa shape index (κ2) is 16.2. The van der Waals surface area contributed by atoms with Crippen molar-refractivity contribution in [2.45, 2.75) is 48.8 Å². The summed E-state index contributed by atoms with van der Waals surface area (Å²) in [6, 6.07) is 2.20. The molecular weight excluding hydrogens is 940 g/mol. The Bertz CT molecular complexity index is 2950. The predicted molar refractivity (Wildman–Crippen MR) is 207 cm³/mol. The number of phenolic OH excluding ortho intramolecular Hbond substituents is 11. The van der Waals surface area contributed by atoms with E-state index in [1.54, 1.807) is 0 Å². The van der Waals surface area contributed by atoms with E-state index in [0.29, 0.717) is 30.3 Å². The van der Waals surface area contributed by atoms with E-state index in [2.05, 4.69) is 0 Å². The molecule has 1 fully saturated rings. The monoisotopic (exact) mass is 970 g/mol. The molecule has 69 heavy (non-hydrogen) atoms. The van der Waals surface area contributed by atoms with Crippen LogP contribution in [0.15, 0.2) is 30.3 Å². The van der Waals surface area contributed by atoms with Gasteiger partial charge in [0.15, 0.2) is 64.0 Å². The van der Waals surface area contributed by atoms with E-state index >= 15 is 0 Å². The van der Waals surface area contributed by atoms with Crippen LogP contribution in [0.4, 0.5) is 0 Å². The third-order valence-electron chi connectivity index (χ3n) is 11.3. The van der Waals surface area contributed by atoms with Gasteiger partial charge in [-0.3, -0.25) is 9.59 Å². The summed E-state index contributed by atoms with van der Waals surface area (Å²) in [7, 11) is 0. The minimum Gasteiger partial charge on any atom is -0.504 e. The summed E-state index contributed by atoms with van der Waals surface area (Å²) >= 11 is 0. The molecule has 0 aromatic heterocycles. The summed E-state index contributed by atoms with van der Waals surface area (Å²) < 4.78 is 38.8. The number of ether oxygens (including phenoxy) is 7. The smallest absolute Gasteiger partial charge is 0.377 e. The normalized spacial score (nSPS) is 24.9. The van der Waals surface area contributed by atoms with Crippen molar-refractivity contribution in [2.24, 2.45) is 5.92 Å². The molecule has 14 N–H and O–H groups in total. The van der Waals surface area contributed by atoms with Crippen molar-refractivity contribution >= 4 is 41.8 Å². The number of carboxylic acid groups (broad SMARTS) is 2. The zero-order valence-electron chi connectivity index (χ0n) is 33.8. The number of fused-ring (bicyclic) bond motifs is 3. The fourth-order valence-corrected chi connectivity index (χ4v) is 8.17. The van der Waals surface area contributed by atoms with Gasteiger partial charge < -0.3 is 105 Å². The van der Waals surface area contributed by atoms with Crippen LogP contribution in [0.1, 0.15) is 59.3 Å². The zero-order chi connectivity index (χ0) is 50.5. The van der Waals surface area contributed by atoms with Crippen LogP contribution in [0, 0.1) is 5.92 Å². The Morgan fingerprint density at radius 3 is 1.68 bits per heavy atom. The first-order valence-corrected chi connectivity index (χ1v) is 19.3. The van der Waals surface area contributed by atoms with Gasteiger partial charge >= 0.3 is 47.6 Å². The van der Waals surface area contributed by atoms with Gasteiger partial charge in [0.2, 0.25) is 29.6 Å². The second-order valence-corrected chi connectivity index (χ2v) is 15.4. The number of carbonyl (C=O) groups excluding carboxylic acids is 5. The molecule has 4 aromatic carbocycles. The van der Waals surface area contributed by atoms with Gasteiger partial charge in [-0.15, -0.1) is 0 Å². The van der Waals surface area contributed by atoms with Crippen molar-refractivity contribution in [3.8, 4) is 80.1 Å². The van der Waals surface area contributed by atoms with Gasteiger partial charge in [-0.2, -0.15) is 0 Å². The van der Waals surface area contributed by atoms with Crippen LogP contribution in [0.25, 0.3) is 11.1 Å². The van der Waals surface area contributed by atoms with Gasteiger partial charge in [0.1, 0.15) is 12.7 Å². The molecule has 4 aliphatic rings. The minimum absolute atomic E-state index is 0.338. The van der Waals surface area contributed by atoms with Gasteiger partial charge in [-0.05, 0) is 30.3 Å². The maximum absolute atomic E-state index is 14.6. The number of aliphatic hydroxyl groups is 1. The van der Waals surface area contributed by atoms with E-state index in [9.17, 15) is 105 Å². The summed E-state index contributed by atoms with van der Waals surface area (Å²) in [5, 5.41) is 148. The maximum atomic E-state index is 14.6. The van der Waals surface area contributed by atoms with Gasteiger partial charge in [-0.25, -0.2) is 24.0 Å². The number of benzene rings is 4. The number of carboxylic acids is 2. The third-order valence-corrected chi connectivity index (χ3v) is 11.3. The fourth-order valence-electron chi connectivity index (χ4n) is 8.17. The Labute approximate surface area is 379 Å². The van der Waals surface area contributed by atoms with Crippen LogP contribution >= 0.6 is 0 Å². The first-order chi connectivity index (χ1) is 32.4. The number of cyclic esters (lactones) is 1. The van der Waals surface area contributed by atoms with Crippen LogP contribution in [0.2, 0.25) is 0 Å². The number of esters is 5. The van der Waals surface area contributed by atoms with Gasteiger partial charge in [-0.1, -0.05) is 0 Å². The van der Waals surface area contributed by atoms with Crippen molar-refractivity contribution in [2.75, 3.05) is 6.61 Å². The van der Waals surface area contributed by atoms with Crippen molar-refractivity contribution in [3.05, 3.63) is 58.1 Å². The van der Waals surface area contributed by atoms with Gasteiger partial charge in [0, 0.05) is 16.7 Å². The fraction of sp³-hybridized carbons (Fsp3) is 0.244. The number of carbonyl (C=O) groups is 7. The largest absolute Gasteiger partial charge is 0.504 e. The molecule has 4 aromatic rings. The topological polar surface area (TPSA) is 467 Å². The Hall–Kier alpha value is -9.31. The van der Waals surface area contributed by atoms with Crippen LogP contribution in [0.5, 0.6) is 69.0 Å². The van der Waals surface area contributed by atoms with E-state index in [1.807, 2.05) is 0 Å². The highest BCUT2D eigenvalue weighted by molar-refractivity contribution is 6.08. The summed E-state index contributed by atoms with van der Waals surface area (Å²) in [5.41, 5.74) is -7.49. The molecule has 28 nitrogen and oxygen atoms in total. The molecule has 0 saturated carbocycles. The number of rotatable bonds is 5. The number of phenols is 11. The van der Waals surface area contributed by atoms with Crippen LogP contribution in [-0.2, 0) is 42.8 Å². The van der Waals surface area contributed by atoms with Crippen LogP contribution in [-0.4, -0.2) is 156 Å². The first-order valence-electron chi connectivity index (χ1n) is 19.3. The van der Waals surface area contributed by atoms with E-state index in [1.165, 1.54) is 0 Å². The quantitative estimate of drug-likeness (QED) is 0.0704. The molecule has 362 valence electrons. The molecule has 4 aliphatic heterocycles. The SMILES string of the molecule is O=C(O)C[C@H]1C(=O)O[C@H]2[C@@H]3OC(=O)c4cc(O)c(O)c(O)c4-c4c(cc(O)c(O)c4O)C(=O)OC[C@H]2O[C@@H](OC(=O)c2cc(O)c(O)c(O)c2)[C@@H]3OC(=O)c2cc(O)c(O)c3c2[C@@H]1[C@@](O)(C(=O)O)O3. The highest BCUT2D eigenvalue weighted by Crippen LogP contribution is 2.58. The highest BCUT2D eigenvalue weighted by atomic mass is 16.7. The predicted octanol–water partition coefficient (Wildman–Crippen LogP) is -0.116. The molecule has 0 spiro atoms. The van der Waals surface area contributed by atoms with Crippen LogP contribution in [0.3, 0.4) is 0 Å². The Kier molecular flexibility index (Phi) is 10.9. The van der Waals surface area contributed by atoms with E-state index in [-0.39, 0.29) is 0 Å². The molecule has 4 bridgehead atoms. The number of aromatic hydroxyl groups is 11. The molecule has 1 saturated heterocycles. The van der Waals surface area contributed by atoms with Gasteiger partial charge in [0.05, 0.1) is 40.5 Å².